The summed E-state index contributed by atoms with van der Waals surface area (Å²) in [5, 5.41) is 4.17. The summed E-state index contributed by atoms with van der Waals surface area (Å²) in [6.07, 6.45) is 1.24. The van der Waals surface area contributed by atoms with E-state index in [2.05, 4.69) is 39.3 Å². The number of hydrogen-bond acceptors (Lipinski definition) is 2. The molecule has 1 fully saturated rings. The highest BCUT2D eigenvalue weighted by Crippen LogP contribution is 2.23. The van der Waals surface area contributed by atoms with Gasteiger partial charge in [-0.15, -0.1) is 12.4 Å². The Kier molecular flexibility index (Phi) is 6.24. The smallest absolute Gasteiger partial charge is 0.0417 e. The summed E-state index contributed by atoms with van der Waals surface area (Å²) in [6, 6.07) is 6.65. The first-order valence-corrected chi connectivity index (χ1v) is 6.69. The fourth-order valence-corrected chi connectivity index (χ4v) is 2.87. The Hall–Kier alpha value is 0.200. The number of nitrogens with one attached hydrogen (secondary N) is 1. The first kappa shape index (κ1) is 15.3. The minimum absolute atomic E-state index is 0. The molecule has 1 aromatic rings. The largest absolute Gasteiger partial charge is 0.315 e. The zero-order valence-corrected chi connectivity index (χ0v) is 12.9. The highest BCUT2D eigenvalue weighted by atomic mass is 79.9. The van der Waals surface area contributed by atoms with Crippen molar-refractivity contribution in [3.63, 3.8) is 0 Å². The van der Waals surface area contributed by atoms with Gasteiger partial charge in [0, 0.05) is 28.6 Å². The second kappa shape index (κ2) is 6.95. The standard InChI is InChI=1S/C12H16BrClN2.ClH/c1-16(11-4-5-15-7-11)8-9-2-3-10(14)6-12(9)13;/h2-3,6,11,15H,4-5,7-8H2,1H3;1H. The third kappa shape index (κ3) is 4.11. The molecule has 2 nitrogen and oxygen atoms in total. The second-order valence-corrected chi connectivity index (χ2v) is 5.59. The van der Waals surface area contributed by atoms with E-state index in [-0.39, 0.29) is 12.4 Å². The van der Waals surface area contributed by atoms with E-state index in [1.807, 2.05) is 12.1 Å². The van der Waals surface area contributed by atoms with Crippen LogP contribution in [-0.4, -0.2) is 31.1 Å². The van der Waals surface area contributed by atoms with Crippen molar-refractivity contribution in [1.29, 1.82) is 0 Å². The van der Waals surface area contributed by atoms with Gasteiger partial charge in [0.2, 0.25) is 0 Å². The minimum Gasteiger partial charge on any atom is -0.315 e. The van der Waals surface area contributed by atoms with Gasteiger partial charge < -0.3 is 5.32 Å². The highest BCUT2D eigenvalue weighted by molar-refractivity contribution is 9.10. The third-order valence-electron chi connectivity index (χ3n) is 3.09. The molecule has 1 heterocycles. The van der Waals surface area contributed by atoms with E-state index < -0.39 is 0 Å². The first-order chi connectivity index (χ1) is 7.66. The van der Waals surface area contributed by atoms with Gasteiger partial charge in [-0.3, -0.25) is 4.90 Å². The van der Waals surface area contributed by atoms with Crippen molar-refractivity contribution in [3.05, 3.63) is 33.3 Å². The number of halogens is 3. The number of hydrogen-bond donors (Lipinski definition) is 1. The van der Waals surface area contributed by atoms with Crippen molar-refractivity contribution in [2.75, 3.05) is 20.1 Å². The van der Waals surface area contributed by atoms with E-state index in [4.69, 9.17) is 11.6 Å². The van der Waals surface area contributed by atoms with Crippen LogP contribution in [0.5, 0.6) is 0 Å². The normalized spacial score (nSPS) is 19.4. The summed E-state index contributed by atoms with van der Waals surface area (Å²) < 4.78 is 1.10. The lowest BCUT2D eigenvalue weighted by Gasteiger charge is -2.24. The van der Waals surface area contributed by atoms with Gasteiger partial charge in [-0.2, -0.15) is 0 Å². The molecule has 96 valence electrons. The maximum Gasteiger partial charge on any atom is 0.0417 e. The van der Waals surface area contributed by atoms with Gasteiger partial charge in [-0.05, 0) is 37.7 Å². The molecule has 1 aliphatic heterocycles. The minimum atomic E-state index is 0. The van der Waals surface area contributed by atoms with E-state index in [1.165, 1.54) is 12.0 Å². The number of nitrogens with zero attached hydrogens (tertiary/aromatic N) is 1. The van der Waals surface area contributed by atoms with Crippen LogP contribution in [0.2, 0.25) is 5.02 Å². The molecule has 0 bridgehead atoms. The van der Waals surface area contributed by atoms with Crippen molar-refractivity contribution in [2.45, 2.75) is 19.0 Å². The lowest BCUT2D eigenvalue weighted by atomic mass is 10.1. The molecule has 0 spiro atoms. The number of rotatable bonds is 3. The van der Waals surface area contributed by atoms with Gasteiger partial charge >= 0.3 is 0 Å². The van der Waals surface area contributed by atoms with Crippen molar-refractivity contribution < 1.29 is 0 Å². The Morgan fingerprint density at radius 3 is 2.88 bits per heavy atom. The molecular formula is C12H17BrCl2N2. The molecule has 0 aromatic heterocycles. The molecule has 5 heteroatoms. The summed E-state index contributed by atoms with van der Waals surface area (Å²) in [6.45, 7) is 3.20. The van der Waals surface area contributed by atoms with E-state index in [1.54, 1.807) is 0 Å². The van der Waals surface area contributed by atoms with E-state index in [0.29, 0.717) is 6.04 Å². The fourth-order valence-electron chi connectivity index (χ4n) is 2.06. The molecule has 1 aliphatic rings. The van der Waals surface area contributed by atoms with E-state index in [0.717, 1.165) is 29.1 Å². The molecule has 1 saturated heterocycles. The summed E-state index contributed by atoms with van der Waals surface area (Å²) >= 11 is 9.48. The highest BCUT2D eigenvalue weighted by Gasteiger charge is 2.19. The third-order valence-corrected chi connectivity index (χ3v) is 4.07. The molecule has 1 unspecified atom stereocenters. The Morgan fingerprint density at radius 1 is 1.53 bits per heavy atom. The Bertz CT molecular complexity index is 368. The first-order valence-electron chi connectivity index (χ1n) is 5.51. The Morgan fingerprint density at radius 2 is 2.29 bits per heavy atom. The van der Waals surface area contributed by atoms with E-state index >= 15 is 0 Å². The van der Waals surface area contributed by atoms with Crippen LogP contribution >= 0.6 is 39.9 Å². The van der Waals surface area contributed by atoms with Gasteiger partial charge in [0.1, 0.15) is 0 Å². The molecule has 0 radical (unpaired) electrons. The predicted molar refractivity (Wildman–Crippen MR) is 79.1 cm³/mol. The van der Waals surface area contributed by atoms with Crippen LogP contribution < -0.4 is 5.32 Å². The Labute approximate surface area is 122 Å². The zero-order chi connectivity index (χ0) is 11.5. The van der Waals surface area contributed by atoms with Crippen molar-refractivity contribution in [1.82, 2.24) is 10.2 Å². The Balaban J connectivity index is 0.00000144. The van der Waals surface area contributed by atoms with Crippen molar-refractivity contribution in [2.24, 2.45) is 0 Å². The molecular weight excluding hydrogens is 323 g/mol. The predicted octanol–water partition coefficient (Wildman–Crippen LogP) is 3.32. The van der Waals surface area contributed by atoms with Gasteiger partial charge in [0.05, 0.1) is 0 Å². The summed E-state index contributed by atoms with van der Waals surface area (Å²) in [4.78, 5) is 2.40. The van der Waals surface area contributed by atoms with Crippen LogP contribution in [0.15, 0.2) is 22.7 Å². The van der Waals surface area contributed by atoms with Crippen LogP contribution in [0, 0.1) is 0 Å². The van der Waals surface area contributed by atoms with Gasteiger partial charge in [0.15, 0.2) is 0 Å². The average Bonchev–Trinajstić information content (AvgIpc) is 2.75. The molecule has 0 saturated carbocycles. The molecule has 1 N–H and O–H groups in total. The van der Waals surface area contributed by atoms with Crippen LogP contribution in [0.1, 0.15) is 12.0 Å². The van der Waals surface area contributed by atoms with Crippen molar-refractivity contribution in [3.8, 4) is 0 Å². The molecule has 2 rings (SSSR count). The second-order valence-electron chi connectivity index (χ2n) is 4.30. The van der Waals surface area contributed by atoms with Crippen LogP contribution in [0.25, 0.3) is 0 Å². The number of benzene rings is 1. The average molecular weight is 340 g/mol. The molecule has 0 amide bonds. The molecule has 0 aliphatic carbocycles. The molecule has 1 aromatic carbocycles. The zero-order valence-electron chi connectivity index (χ0n) is 9.75. The molecule has 1 atom stereocenters. The summed E-state index contributed by atoms with van der Waals surface area (Å²) in [5.74, 6) is 0. The monoisotopic (exact) mass is 338 g/mol. The van der Waals surface area contributed by atoms with Crippen LogP contribution in [0.4, 0.5) is 0 Å². The van der Waals surface area contributed by atoms with E-state index in [9.17, 15) is 0 Å². The van der Waals surface area contributed by atoms with Gasteiger partial charge in [-0.1, -0.05) is 33.6 Å². The fraction of sp³-hybridized carbons (Fsp3) is 0.500. The lowest BCUT2D eigenvalue weighted by molar-refractivity contribution is 0.248. The van der Waals surface area contributed by atoms with Gasteiger partial charge in [0.25, 0.3) is 0 Å². The van der Waals surface area contributed by atoms with Crippen LogP contribution in [-0.2, 0) is 6.54 Å². The topological polar surface area (TPSA) is 15.3 Å². The summed E-state index contributed by atoms with van der Waals surface area (Å²) in [5.41, 5.74) is 1.29. The maximum absolute atomic E-state index is 5.93. The van der Waals surface area contributed by atoms with Crippen LogP contribution in [0.3, 0.4) is 0 Å². The van der Waals surface area contributed by atoms with Crippen molar-refractivity contribution >= 4 is 39.9 Å². The maximum atomic E-state index is 5.93. The van der Waals surface area contributed by atoms with Gasteiger partial charge in [-0.25, -0.2) is 0 Å². The lowest BCUT2D eigenvalue weighted by Crippen LogP contribution is -2.32. The molecule has 17 heavy (non-hydrogen) atoms. The SMILES string of the molecule is CN(Cc1ccc(Cl)cc1Br)C1CCNC1.Cl. The number of likely N-dealkylation sites (N-methyl/N-ethyl adjacent to an activating group) is 1. The summed E-state index contributed by atoms with van der Waals surface area (Å²) in [7, 11) is 2.18. The quantitative estimate of drug-likeness (QED) is 0.908.